The maximum atomic E-state index is 12.9. The van der Waals surface area contributed by atoms with Crippen molar-refractivity contribution in [3.8, 4) is 5.75 Å². The van der Waals surface area contributed by atoms with Crippen LogP contribution in [0.1, 0.15) is 65.9 Å². The van der Waals surface area contributed by atoms with Gasteiger partial charge in [0.15, 0.2) is 0 Å². The Bertz CT molecular complexity index is 777. The summed E-state index contributed by atoms with van der Waals surface area (Å²) in [4.78, 5) is 19.7. The molecule has 0 spiro atoms. The Morgan fingerprint density at radius 3 is 2.58 bits per heavy atom. The first-order valence-corrected chi connectivity index (χ1v) is 9.64. The van der Waals surface area contributed by atoms with Crippen molar-refractivity contribution in [3.05, 3.63) is 47.5 Å². The van der Waals surface area contributed by atoms with Crippen molar-refractivity contribution in [2.24, 2.45) is 0 Å². The molecule has 1 aromatic carbocycles. The van der Waals surface area contributed by atoms with Crippen molar-refractivity contribution in [2.75, 3.05) is 20.2 Å². The van der Waals surface area contributed by atoms with Crippen LogP contribution in [-0.2, 0) is 0 Å². The highest BCUT2D eigenvalue weighted by molar-refractivity contribution is 5.94. The molecule has 1 aliphatic carbocycles. The number of nitrogens with zero attached hydrogens (tertiary/aromatic N) is 3. The molecule has 4 rings (SSSR count). The highest BCUT2D eigenvalue weighted by atomic mass is 16.5. The lowest BCUT2D eigenvalue weighted by Crippen LogP contribution is -2.41. The Balaban J connectivity index is 1.52. The van der Waals surface area contributed by atoms with Gasteiger partial charge in [-0.05, 0) is 56.9 Å². The van der Waals surface area contributed by atoms with E-state index in [0.29, 0.717) is 12.0 Å². The van der Waals surface area contributed by atoms with E-state index in [1.54, 1.807) is 7.11 Å². The van der Waals surface area contributed by atoms with E-state index in [-0.39, 0.29) is 5.91 Å². The van der Waals surface area contributed by atoms with Crippen molar-refractivity contribution in [1.29, 1.82) is 0 Å². The van der Waals surface area contributed by atoms with Crippen LogP contribution >= 0.6 is 0 Å². The average molecular weight is 353 g/mol. The molecule has 2 heterocycles. The fourth-order valence-electron chi connectivity index (χ4n) is 4.17. The van der Waals surface area contributed by atoms with E-state index < -0.39 is 0 Å². The molecule has 26 heavy (non-hydrogen) atoms. The van der Waals surface area contributed by atoms with E-state index in [2.05, 4.69) is 11.5 Å². The minimum atomic E-state index is 0.111. The third kappa shape index (κ3) is 3.11. The molecule has 1 aromatic heterocycles. The quantitative estimate of drug-likeness (QED) is 0.836. The number of hydrogen-bond donors (Lipinski definition) is 0. The van der Waals surface area contributed by atoms with E-state index in [1.165, 1.54) is 30.8 Å². The van der Waals surface area contributed by atoms with Gasteiger partial charge in [-0.25, -0.2) is 4.98 Å². The molecule has 0 bridgehead atoms. The van der Waals surface area contributed by atoms with Crippen LogP contribution in [-0.4, -0.2) is 40.6 Å². The summed E-state index contributed by atoms with van der Waals surface area (Å²) in [5.74, 6) is 2.73. The largest absolute Gasteiger partial charge is 0.497 e. The Hall–Kier alpha value is -2.30. The maximum Gasteiger partial charge on any atom is 0.253 e. The minimum Gasteiger partial charge on any atom is -0.497 e. The second-order valence-electron chi connectivity index (χ2n) is 7.53. The van der Waals surface area contributed by atoms with Gasteiger partial charge in [0.25, 0.3) is 5.91 Å². The predicted molar refractivity (Wildman–Crippen MR) is 101 cm³/mol. The molecule has 5 heteroatoms. The first-order chi connectivity index (χ1) is 12.7. The van der Waals surface area contributed by atoms with Crippen molar-refractivity contribution in [3.63, 3.8) is 0 Å². The molecule has 1 atom stereocenters. The van der Waals surface area contributed by atoms with E-state index >= 15 is 0 Å². The summed E-state index contributed by atoms with van der Waals surface area (Å²) in [5, 5.41) is 0. The summed E-state index contributed by atoms with van der Waals surface area (Å²) < 4.78 is 7.60. The van der Waals surface area contributed by atoms with Gasteiger partial charge in [0.2, 0.25) is 0 Å². The van der Waals surface area contributed by atoms with Crippen LogP contribution in [0.3, 0.4) is 0 Å². The fraction of sp³-hybridized carbons (Fsp3) is 0.524. The van der Waals surface area contributed by atoms with Gasteiger partial charge in [0, 0.05) is 36.5 Å². The van der Waals surface area contributed by atoms with Crippen molar-refractivity contribution >= 4 is 5.91 Å². The number of carbonyl (C=O) groups is 1. The average Bonchev–Trinajstić information content (AvgIpc) is 3.01. The Morgan fingerprint density at radius 1 is 1.15 bits per heavy atom. The van der Waals surface area contributed by atoms with Gasteiger partial charge in [-0.15, -0.1) is 0 Å². The highest BCUT2D eigenvalue weighted by Crippen LogP contribution is 2.38. The molecule has 138 valence electrons. The highest BCUT2D eigenvalue weighted by Gasteiger charge is 2.31. The van der Waals surface area contributed by atoms with E-state index in [4.69, 9.17) is 9.72 Å². The number of amides is 1. The van der Waals surface area contributed by atoms with Crippen LogP contribution in [0.5, 0.6) is 5.75 Å². The lowest BCUT2D eigenvalue weighted by atomic mass is 9.84. The van der Waals surface area contributed by atoms with Gasteiger partial charge in [0.1, 0.15) is 11.6 Å². The SMILES string of the molecule is COc1ccc(C(=O)N2CCCC(n3c(C)cnc3C3CCC3)C2)cc1. The third-order valence-electron chi connectivity index (χ3n) is 5.87. The Morgan fingerprint density at radius 2 is 1.92 bits per heavy atom. The summed E-state index contributed by atoms with van der Waals surface area (Å²) in [6.45, 7) is 3.73. The molecular weight excluding hydrogens is 326 g/mol. The number of piperidine rings is 1. The second-order valence-corrected chi connectivity index (χ2v) is 7.53. The predicted octanol–water partition coefficient (Wildman–Crippen LogP) is 3.94. The molecule has 1 amide bonds. The summed E-state index contributed by atoms with van der Waals surface area (Å²) >= 11 is 0. The third-order valence-corrected chi connectivity index (χ3v) is 5.87. The standard InChI is InChI=1S/C21H27N3O2/c1-15-13-22-20(16-5-3-6-16)24(15)18-7-4-12-23(14-18)21(25)17-8-10-19(26-2)11-9-17/h8-11,13,16,18H,3-7,12,14H2,1-2H3. The Labute approximate surface area is 155 Å². The number of likely N-dealkylation sites (tertiary alicyclic amines) is 1. The lowest BCUT2D eigenvalue weighted by molar-refractivity contribution is 0.0675. The van der Waals surface area contributed by atoms with E-state index in [0.717, 1.165) is 37.2 Å². The van der Waals surface area contributed by atoms with Crippen LogP contribution in [0.15, 0.2) is 30.5 Å². The number of benzene rings is 1. The molecule has 1 aliphatic heterocycles. The van der Waals surface area contributed by atoms with Gasteiger partial charge in [-0.3, -0.25) is 4.79 Å². The van der Waals surface area contributed by atoms with Gasteiger partial charge < -0.3 is 14.2 Å². The van der Waals surface area contributed by atoms with Crippen molar-refractivity contribution in [1.82, 2.24) is 14.5 Å². The molecule has 1 saturated heterocycles. The van der Waals surface area contributed by atoms with Crippen LogP contribution < -0.4 is 4.74 Å². The number of aryl methyl sites for hydroxylation is 1. The maximum absolute atomic E-state index is 12.9. The first-order valence-electron chi connectivity index (χ1n) is 9.64. The number of imidazole rings is 1. The molecule has 0 radical (unpaired) electrons. The number of ether oxygens (including phenoxy) is 1. The summed E-state index contributed by atoms with van der Waals surface area (Å²) in [6, 6.07) is 7.75. The first kappa shape index (κ1) is 17.1. The Kier molecular flexibility index (Phi) is 4.70. The van der Waals surface area contributed by atoms with Crippen molar-refractivity contribution in [2.45, 2.75) is 51.0 Å². The zero-order valence-corrected chi connectivity index (χ0v) is 15.6. The monoisotopic (exact) mass is 353 g/mol. The zero-order valence-electron chi connectivity index (χ0n) is 15.6. The number of methoxy groups -OCH3 is 1. The molecular formula is C21H27N3O2. The van der Waals surface area contributed by atoms with E-state index in [1.807, 2.05) is 35.4 Å². The second kappa shape index (κ2) is 7.14. The summed E-state index contributed by atoms with van der Waals surface area (Å²) in [5.41, 5.74) is 1.95. The molecule has 1 saturated carbocycles. The molecule has 5 nitrogen and oxygen atoms in total. The van der Waals surface area contributed by atoms with Crippen LogP contribution in [0.4, 0.5) is 0 Å². The van der Waals surface area contributed by atoms with Crippen molar-refractivity contribution < 1.29 is 9.53 Å². The van der Waals surface area contributed by atoms with Crippen LogP contribution in [0.2, 0.25) is 0 Å². The number of aromatic nitrogens is 2. The van der Waals surface area contributed by atoms with Gasteiger partial charge in [-0.2, -0.15) is 0 Å². The number of carbonyl (C=O) groups excluding carboxylic acids is 1. The summed E-state index contributed by atoms with van der Waals surface area (Å²) in [7, 11) is 1.64. The molecule has 0 N–H and O–H groups in total. The van der Waals surface area contributed by atoms with Crippen LogP contribution in [0, 0.1) is 6.92 Å². The molecule has 1 unspecified atom stereocenters. The minimum absolute atomic E-state index is 0.111. The van der Waals surface area contributed by atoms with Gasteiger partial charge in [0.05, 0.1) is 13.2 Å². The van der Waals surface area contributed by atoms with Gasteiger partial charge in [-0.1, -0.05) is 6.42 Å². The fourth-order valence-corrected chi connectivity index (χ4v) is 4.17. The smallest absolute Gasteiger partial charge is 0.253 e. The number of rotatable bonds is 4. The molecule has 2 aliphatic rings. The summed E-state index contributed by atoms with van der Waals surface area (Å²) in [6.07, 6.45) is 7.95. The molecule has 2 fully saturated rings. The number of hydrogen-bond acceptors (Lipinski definition) is 3. The van der Waals surface area contributed by atoms with Crippen LogP contribution in [0.25, 0.3) is 0 Å². The topological polar surface area (TPSA) is 47.4 Å². The van der Waals surface area contributed by atoms with Gasteiger partial charge >= 0.3 is 0 Å². The van der Waals surface area contributed by atoms with E-state index in [9.17, 15) is 4.79 Å². The lowest BCUT2D eigenvalue weighted by Gasteiger charge is -2.36. The zero-order chi connectivity index (χ0) is 18.1. The normalized spacial score (nSPS) is 20.7. The molecule has 2 aromatic rings.